The van der Waals surface area contributed by atoms with Gasteiger partial charge in [-0.05, 0) is 135 Å². The van der Waals surface area contributed by atoms with Crippen LogP contribution in [-0.2, 0) is 35.2 Å². The normalized spacial score (nSPS) is 19.6. The van der Waals surface area contributed by atoms with Gasteiger partial charge < -0.3 is 22.4 Å². The molecule has 0 aliphatic heterocycles. The van der Waals surface area contributed by atoms with Gasteiger partial charge in [-0.15, -0.1) is 11.7 Å². The number of nitrogens with zero attached hydrogens (tertiary/aromatic N) is 3. The predicted octanol–water partition coefficient (Wildman–Crippen LogP) is 16.7. The standard InChI is InChI=1S/C69H65N3O.2CH4O.CH3.ClH.Ru/c1-3-54-41-53(34-33-52-42-61(36-35-50-19-9-4-10-20-50)62(43-52)47-73-48-63-46-72(71-70-63)45-51-31-29-49(2)30-32-51)44-64(54)55-37-39-60(40-38-55)69-67(58-25-15-7-16-26-58)65(56-21-11-5-12-22-56)66(57-23-13-6-14-24-57)68(69)59-27-17-8-18-28-59;2*1-2;;;/h3-40,46,52-54,61-62,64,69H,1,41-45,47-48H2,2H3;2*2H,1H3;1H3;1H;/q;;;-1;;+2/p-1/b34-33+,36-35+;;;;;/t52?,53?,54-,61?,62?,64?;;;;;/m1...../s1. The van der Waals surface area contributed by atoms with Crippen LogP contribution in [0.1, 0.15) is 93.3 Å². The molecule has 6 nitrogen and oxygen atoms in total. The number of hydrogen-bond acceptors (Lipinski definition) is 5. The molecule has 2 saturated carbocycles. The Hall–Kier alpha value is -6.83. The Kier molecular flexibility index (Phi) is 23.7. The molecule has 8 aromatic rings. The molecule has 3 aliphatic rings. The van der Waals surface area contributed by atoms with Crippen molar-refractivity contribution in [1.29, 1.82) is 0 Å². The molecule has 1 aromatic heterocycles. The zero-order valence-electron chi connectivity index (χ0n) is 46.6. The van der Waals surface area contributed by atoms with Gasteiger partial charge in [0, 0.05) is 20.1 Å². The molecular weight excluding hydrogens is 1090 g/mol. The number of aliphatic hydroxyl groups excluding tert-OH is 2. The Morgan fingerprint density at radius 1 is 0.575 bits per heavy atom. The molecule has 3 aliphatic carbocycles. The van der Waals surface area contributed by atoms with Crippen LogP contribution >= 0.6 is 9.69 Å². The van der Waals surface area contributed by atoms with Crippen LogP contribution in [0.2, 0.25) is 0 Å². The number of rotatable bonds is 17. The van der Waals surface area contributed by atoms with E-state index in [2.05, 4.69) is 264 Å². The molecule has 0 amide bonds. The molecule has 0 spiro atoms. The fourth-order valence-corrected chi connectivity index (χ4v) is 12.1. The van der Waals surface area contributed by atoms with Gasteiger partial charge in [0.1, 0.15) is 5.69 Å². The van der Waals surface area contributed by atoms with E-state index in [1.54, 1.807) is 0 Å². The van der Waals surface area contributed by atoms with Crippen LogP contribution in [0.4, 0.5) is 0 Å². The number of hydrogen-bond donors (Lipinski definition) is 2. The maximum absolute atomic E-state index is 7.00. The predicted molar refractivity (Wildman–Crippen MR) is 331 cm³/mol. The first-order valence-electron chi connectivity index (χ1n) is 27.4. The van der Waals surface area contributed by atoms with E-state index in [1.807, 2.05) is 28.2 Å². The molecule has 6 atom stereocenters. The van der Waals surface area contributed by atoms with Crippen LogP contribution in [0, 0.1) is 43.9 Å². The third kappa shape index (κ3) is 15.1. The molecule has 0 radical (unpaired) electrons. The van der Waals surface area contributed by atoms with Gasteiger partial charge in [-0.3, -0.25) is 0 Å². The summed E-state index contributed by atoms with van der Waals surface area (Å²) in [7, 11) is 6.57. The van der Waals surface area contributed by atoms with E-state index in [4.69, 9.17) is 14.9 Å². The van der Waals surface area contributed by atoms with Crippen molar-refractivity contribution in [3.8, 4) is 0 Å². The van der Waals surface area contributed by atoms with Crippen LogP contribution in [-0.4, -0.2) is 46.0 Å². The third-order valence-corrected chi connectivity index (χ3v) is 15.7. The Balaban J connectivity index is 0.00000128. The van der Waals surface area contributed by atoms with Crippen LogP contribution in [0.5, 0.6) is 0 Å². The van der Waals surface area contributed by atoms with E-state index >= 15 is 0 Å². The quantitative estimate of drug-likeness (QED) is 0.0539. The second-order valence-electron chi connectivity index (χ2n) is 20.6. The minimum absolute atomic E-state index is 0. The molecule has 7 aromatic carbocycles. The van der Waals surface area contributed by atoms with E-state index in [-0.39, 0.29) is 13.3 Å². The number of benzene rings is 7. The molecule has 412 valence electrons. The van der Waals surface area contributed by atoms with Crippen molar-refractivity contribution < 1.29 is 32.3 Å². The van der Waals surface area contributed by atoms with Crippen molar-refractivity contribution in [2.45, 2.75) is 57.6 Å². The first-order chi connectivity index (χ1) is 39.0. The van der Waals surface area contributed by atoms with Gasteiger partial charge >= 0.3 is 27.0 Å². The average molecular weight is 1170 g/mol. The zero-order chi connectivity index (χ0) is 55.3. The molecule has 1 heterocycles. The first-order valence-corrected chi connectivity index (χ1v) is 29.7. The van der Waals surface area contributed by atoms with Crippen LogP contribution < -0.4 is 0 Å². The first kappa shape index (κ1) is 60.8. The number of aliphatic hydroxyl groups is 2. The van der Waals surface area contributed by atoms with Gasteiger partial charge in [0.15, 0.2) is 0 Å². The molecule has 0 saturated heterocycles. The fourth-order valence-electron chi connectivity index (χ4n) is 12.1. The second-order valence-corrected chi connectivity index (χ2v) is 20.6. The van der Waals surface area contributed by atoms with Gasteiger partial charge in [-0.2, -0.15) is 0 Å². The average Bonchev–Trinajstić information content (AvgIpc) is 4.37. The Labute approximate surface area is 490 Å². The Morgan fingerprint density at radius 3 is 1.57 bits per heavy atom. The summed E-state index contributed by atoms with van der Waals surface area (Å²) in [5.41, 5.74) is 17.6. The number of aryl methyl sites for hydroxylation is 1. The van der Waals surface area contributed by atoms with Gasteiger partial charge in [0.25, 0.3) is 0 Å². The summed E-state index contributed by atoms with van der Waals surface area (Å²) in [5, 5.41) is 22.8. The summed E-state index contributed by atoms with van der Waals surface area (Å²) in [6, 6.07) is 73.2. The summed E-state index contributed by atoms with van der Waals surface area (Å²) in [5.74, 6) is 2.72. The van der Waals surface area contributed by atoms with E-state index in [9.17, 15) is 0 Å². The van der Waals surface area contributed by atoms with E-state index in [0.717, 1.165) is 45.6 Å². The third-order valence-electron chi connectivity index (χ3n) is 15.7. The summed E-state index contributed by atoms with van der Waals surface area (Å²) in [6.07, 6.45) is 18.6. The SMILES string of the molecule is C=C[C@@H]1CC(/C=C/C2CC(/C=C/c3ccccc3)C(COCc3cn(Cc4ccc(C)cc4)nn3)C2)CC1c1ccc(C2C(c3ccccc3)=C(c3ccccc3)C(c3ccccc3)=C2c2ccccc2)cc1.CO.CO.[CH3-].[Cl][Ru+]. The molecule has 5 unspecified atom stereocenters. The monoisotopic (exact) mass is 1170 g/mol. The number of halogens is 1. The van der Waals surface area contributed by atoms with Crippen molar-refractivity contribution >= 4 is 38.1 Å². The Morgan fingerprint density at radius 2 is 1.05 bits per heavy atom. The van der Waals surface area contributed by atoms with Crippen molar-refractivity contribution in [3.63, 3.8) is 0 Å². The summed E-state index contributed by atoms with van der Waals surface area (Å²) in [4.78, 5) is 0. The molecule has 8 heteroatoms. The fraction of sp³-hybridized carbons (Fsp3) is 0.236. The molecule has 80 heavy (non-hydrogen) atoms. The number of ether oxygens (including phenoxy) is 1. The van der Waals surface area contributed by atoms with Crippen molar-refractivity contribution in [2.75, 3.05) is 20.8 Å². The van der Waals surface area contributed by atoms with E-state index < -0.39 is 0 Å². The molecule has 0 bridgehead atoms. The number of allylic oxidation sites excluding steroid dienone is 8. The molecular formula is C72H76ClN3O3Ru. The van der Waals surface area contributed by atoms with E-state index in [0.29, 0.717) is 55.3 Å². The van der Waals surface area contributed by atoms with Gasteiger partial charge in [-0.1, -0.05) is 241 Å². The van der Waals surface area contributed by atoms with Crippen LogP contribution in [0.25, 0.3) is 28.4 Å². The molecule has 11 rings (SSSR count). The van der Waals surface area contributed by atoms with Gasteiger partial charge in [0.05, 0.1) is 26.0 Å². The summed E-state index contributed by atoms with van der Waals surface area (Å²) in [6.45, 7) is 8.38. The molecule has 2 N–H and O–H groups in total. The topological polar surface area (TPSA) is 80.4 Å². The minimum atomic E-state index is 0. The van der Waals surface area contributed by atoms with Crippen molar-refractivity contribution in [2.24, 2.45) is 29.6 Å². The van der Waals surface area contributed by atoms with E-state index in [1.165, 1.54) is 72.4 Å². The zero-order valence-corrected chi connectivity index (χ0v) is 49.1. The summed E-state index contributed by atoms with van der Waals surface area (Å²) >= 11 is 1.82. The van der Waals surface area contributed by atoms with Gasteiger partial charge in [-0.25, -0.2) is 4.68 Å². The number of aromatic nitrogens is 3. The van der Waals surface area contributed by atoms with Crippen LogP contribution in [0.3, 0.4) is 0 Å². The molecule has 2 fully saturated rings. The van der Waals surface area contributed by atoms with Crippen molar-refractivity contribution in [1.82, 2.24) is 15.0 Å². The maximum atomic E-state index is 7.00. The van der Waals surface area contributed by atoms with Gasteiger partial charge in [0.2, 0.25) is 0 Å². The Bertz CT molecular complexity index is 3130. The second kappa shape index (κ2) is 31.2. The van der Waals surface area contributed by atoms with Crippen molar-refractivity contribution in [3.05, 3.63) is 300 Å². The van der Waals surface area contributed by atoms with Crippen LogP contribution in [0.15, 0.2) is 237 Å². The summed E-state index contributed by atoms with van der Waals surface area (Å²) < 4.78 is 8.35.